The molecule has 1 aromatic carbocycles. The predicted molar refractivity (Wildman–Crippen MR) is 122 cm³/mol. The number of piperidine rings is 1. The summed E-state index contributed by atoms with van der Waals surface area (Å²) >= 11 is 0. The van der Waals surface area contributed by atoms with Gasteiger partial charge in [0.25, 0.3) is 0 Å². The van der Waals surface area contributed by atoms with Gasteiger partial charge in [-0.1, -0.05) is 6.07 Å². The van der Waals surface area contributed by atoms with Crippen molar-refractivity contribution in [3.63, 3.8) is 0 Å². The molecule has 3 heterocycles. The van der Waals surface area contributed by atoms with Crippen LogP contribution in [-0.4, -0.2) is 60.5 Å². The first-order valence-electron chi connectivity index (χ1n) is 11.3. The Hall–Kier alpha value is -3.49. The van der Waals surface area contributed by atoms with E-state index in [1.807, 2.05) is 26.8 Å². The predicted octanol–water partition coefficient (Wildman–Crippen LogP) is 4.16. The van der Waals surface area contributed by atoms with Gasteiger partial charge in [0.2, 0.25) is 0 Å². The summed E-state index contributed by atoms with van der Waals surface area (Å²) in [5.41, 5.74) is 0.618. The minimum Gasteiger partial charge on any atom is -0.489 e. The van der Waals surface area contributed by atoms with Crippen molar-refractivity contribution < 1.29 is 33.3 Å². The van der Waals surface area contributed by atoms with Crippen LogP contribution in [0.25, 0.3) is 0 Å². The van der Waals surface area contributed by atoms with E-state index in [1.165, 1.54) is 7.11 Å². The molecule has 182 valence electrons. The van der Waals surface area contributed by atoms with Gasteiger partial charge in [-0.25, -0.2) is 9.59 Å². The number of nitrogens with zero attached hydrogens (tertiary/aromatic N) is 2. The largest absolute Gasteiger partial charge is 0.489 e. The van der Waals surface area contributed by atoms with Gasteiger partial charge >= 0.3 is 12.1 Å². The maximum atomic E-state index is 12.3. The lowest BCUT2D eigenvalue weighted by atomic mass is 10.1. The van der Waals surface area contributed by atoms with E-state index in [4.69, 9.17) is 23.7 Å². The van der Waals surface area contributed by atoms with Crippen molar-refractivity contribution >= 4 is 12.1 Å². The number of methoxy groups -OCH3 is 1. The number of esters is 1. The Bertz CT molecular complexity index is 1040. The maximum Gasteiger partial charge on any atom is 0.410 e. The Morgan fingerprint density at radius 2 is 1.91 bits per heavy atom. The zero-order valence-corrected chi connectivity index (χ0v) is 19.9. The van der Waals surface area contributed by atoms with Crippen LogP contribution in [0.3, 0.4) is 0 Å². The van der Waals surface area contributed by atoms with E-state index >= 15 is 0 Å². The first kappa shape index (κ1) is 23.7. The maximum absolute atomic E-state index is 12.3. The Morgan fingerprint density at radius 3 is 2.62 bits per heavy atom. The highest BCUT2D eigenvalue weighted by atomic mass is 16.6. The molecule has 1 saturated heterocycles. The van der Waals surface area contributed by atoms with Gasteiger partial charge in [0.15, 0.2) is 17.6 Å². The standard InChI is InChI=1S/C25H30N2O7/c1-25(2,3)34-24(29)27-10-8-17(9-11-27)32-18-12-16(13-26-14-18)21-15-31-22-19(23(28)30-4)6-5-7-20(22)33-21/h5-7,12-14,17,21H,8-11,15H2,1-4H3. The zero-order chi connectivity index (χ0) is 24.3. The lowest BCUT2D eigenvalue weighted by Gasteiger charge is -2.33. The van der Waals surface area contributed by atoms with E-state index < -0.39 is 17.7 Å². The topological polar surface area (TPSA) is 96.4 Å². The average molecular weight is 471 g/mol. The monoisotopic (exact) mass is 470 g/mol. The summed E-state index contributed by atoms with van der Waals surface area (Å²) in [5.74, 6) is 1.00. The summed E-state index contributed by atoms with van der Waals surface area (Å²) in [6.45, 7) is 6.95. The normalized spacial score (nSPS) is 18.2. The van der Waals surface area contributed by atoms with Crippen molar-refractivity contribution in [1.82, 2.24) is 9.88 Å². The van der Waals surface area contributed by atoms with Gasteiger partial charge in [0.1, 0.15) is 29.6 Å². The van der Waals surface area contributed by atoms with Crippen molar-refractivity contribution in [2.45, 2.75) is 51.4 Å². The van der Waals surface area contributed by atoms with Crippen LogP contribution in [0.5, 0.6) is 17.2 Å². The molecule has 1 unspecified atom stereocenters. The summed E-state index contributed by atoms with van der Waals surface area (Å²) in [5, 5.41) is 0. The molecule has 0 spiro atoms. The third-order valence-electron chi connectivity index (χ3n) is 5.54. The Morgan fingerprint density at radius 1 is 1.15 bits per heavy atom. The number of para-hydroxylation sites is 1. The number of ether oxygens (including phenoxy) is 5. The fraction of sp³-hybridized carbons (Fsp3) is 0.480. The lowest BCUT2D eigenvalue weighted by Crippen LogP contribution is -2.44. The van der Waals surface area contributed by atoms with Crippen molar-refractivity contribution in [2.75, 3.05) is 26.8 Å². The zero-order valence-electron chi connectivity index (χ0n) is 19.9. The van der Waals surface area contributed by atoms with Gasteiger partial charge in [0.05, 0.1) is 13.3 Å². The molecular formula is C25H30N2O7. The summed E-state index contributed by atoms with van der Waals surface area (Å²) in [6, 6.07) is 6.99. The van der Waals surface area contributed by atoms with E-state index in [0.29, 0.717) is 48.7 Å². The molecule has 0 saturated carbocycles. The molecule has 4 rings (SSSR count). The van der Waals surface area contributed by atoms with E-state index in [9.17, 15) is 9.59 Å². The average Bonchev–Trinajstić information content (AvgIpc) is 2.82. The van der Waals surface area contributed by atoms with Crippen LogP contribution in [0.2, 0.25) is 0 Å². The van der Waals surface area contributed by atoms with Gasteiger partial charge < -0.3 is 28.6 Å². The molecule has 9 nitrogen and oxygen atoms in total. The molecule has 0 radical (unpaired) electrons. The summed E-state index contributed by atoms with van der Waals surface area (Å²) in [6.07, 6.45) is 4.07. The molecule has 9 heteroatoms. The van der Waals surface area contributed by atoms with Gasteiger partial charge in [-0.3, -0.25) is 4.98 Å². The molecule has 2 aromatic rings. The first-order valence-corrected chi connectivity index (χ1v) is 11.3. The van der Waals surface area contributed by atoms with Gasteiger partial charge in [0, 0.05) is 37.7 Å². The van der Waals surface area contributed by atoms with Crippen LogP contribution in [0, 0.1) is 0 Å². The number of benzene rings is 1. The summed E-state index contributed by atoms with van der Waals surface area (Å²) < 4.78 is 28.4. The van der Waals surface area contributed by atoms with Crippen LogP contribution >= 0.6 is 0 Å². The summed E-state index contributed by atoms with van der Waals surface area (Å²) in [7, 11) is 1.33. The molecule has 1 aromatic heterocycles. The van der Waals surface area contributed by atoms with Crippen LogP contribution in [0.15, 0.2) is 36.7 Å². The Labute approximate surface area is 198 Å². The number of fused-ring (bicyclic) bond motifs is 1. The fourth-order valence-electron chi connectivity index (χ4n) is 3.89. The molecular weight excluding hydrogens is 440 g/mol. The van der Waals surface area contributed by atoms with Crippen LogP contribution < -0.4 is 14.2 Å². The SMILES string of the molecule is COC(=O)c1cccc2c1OCC(c1cncc(OC3CCN(C(=O)OC(C)(C)C)CC3)c1)O2. The van der Waals surface area contributed by atoms with Gasteiger partial charge in [-0.2, -0.15) is 0 Å². The number of amides is 1. The quantitative estimate of drug-likeness (QED) is 0.615. The van der Waals surface area contributed by atoms with Gasteiger partial charge in [-0.15, -0.1) is 0 Å². The second-order valence-electron chi connectivity index (χ2n) is 9.28. The Kier molecular flexibility index (Phi) is 6.81. The third-order valence-corrected chi connectivity index (χ3v) is 5.54. The number of aromatic nitrogens is 1. The molecule has 2 aliphatic heterocycles. The summed E-state index contributed by atoms with van der Waals surface area (Å²) in [4.78, 5) is 30.3. The van der Waals surface area contributed by atoms with Gasteiger partial charge in [-0.05, 0) is 39.0 Å². The number of hydrogen-bond acceptors (Lipinski definition) is 8. The van der Waals surface area contributed by atoms with Crippen LogP contribution in [-0.2, 0) is 9.47 Å². The van der Waals surface area contributed by atoms with Crippen LogP contribution in [0.4, 0.5) is 4.79 Å². The number of likely N-dealkylation sites (tertiary alicyclic amines) is 1. The smallest absolute Gasteiger partial charge is 0.410 e. The van der Waals surface area contributed by atoms with Crippen LogP contribution in [0.1, 0.15) is 55.6 Å². The highest BCUT2D eigenvalue weighted by molar-refractivity contribution is 5.93. The molecule has 1 amide bonds. The second-order valence-corrected chi connectivity index (χ2v) is 9.28. The molecule has 1 fully saturated rings. The van der Waals surface area contributed by atoms with E-state index in [-0.39, 0.29) is 18.8 Å². The minimum atomic E-state index is -0.511. The molecule has 0 N–H and O–H groups in total. The fourth-order valence-corrected chi connectivity index (χ4v) is 3.89. The second kappa shape index (κ2) is 9.79. The lowest BCUT2D eigenvalue weighted by molar-refractivity contribution is 0.0126. The van der Waals surface area contributed by atoms with E-state index in [0.717, 1.165) is 5.56 Å². The Balaban J connectivity index is 1.37. The molecule has 0 bridgehead atoms. The number of rotatable bonds is 4. The number of carbonyl (C=O) groups is 2. The molecule has 1 atom stereocenters. The van der Waals surface area contributed by atoms with Crippen molar-refractivity contribution in [3.8, 4) is 17.2 Å². The van der Waals surface area contributed by atoms with Crippen molar-refractivity contribution in [3.05, 3.63) is 47.8 Å². The van der Waals surface area contributed by atoms with Crippen molar-refractivity contribution in [2.24, 2.45) is 0 Å². The number of hydrogen-bond donors (Lipinski definition) is 0. The van der Waals surface area contributed by atoms with E-state index in [1.54, 1.807) is 35.5 Å². The minimum absolute atomic E-state index is 0.0254. The highest BCUT2D eigenvalue weighted by Gasteiger charge is 2.29. The molecule has 2 aliphatic rings. The molecule has 34 heavy (non-hydrogen) atoms. The number of pyridine rings is 1. The highest BCUT2D eigenvalue weighted by Crippen LogP contribution is 2.39. The van der Waals surface area contributed by atoms with E-state index in [2.05, 4.69) is 4.98 Å². The third kappa shape index (κ3) is 5.52. The number of carbonyl (C=O) groups excluding carboxylic acids is 2. The van der Waals surface area contributed by atoms with Crippen molar-refractivity contribution in [1.29, 1.82) is 0 Å². The first-order chi connectivity index (χ1) is 16.2. The molecule has 0 aliphatic carbocycles.